The van der Waals surface area contributed by atoms with Gasteiger partial charge in [0, 0.05) is 25.2 Å². The van der Waals surface area contributed by atoms with E-state index < -0.39 is 0 Å². The molecule has 0 saturated carbocycles. The number of nitrogens with two attached hydrogens (primary N) is 1. The molecule has 76 valence electrons. The van der Waals surface area contributed by atoms with E-state index in [1.807, 2.05) is 37.3 Å². The van der Waals surface area contributed by atoms with Crippen LogP contribution in [0.2, 0.25) is 0 Å². The van der Waals surface area contributed by atoms with E-state index in [0.29, 0.717) is 19.5 Å². The lowest BCUT2D eigenvalue weighted by molar-refractivity contribution is -0.118. The second-order valence-electron chi connectivity index (χ2n) is 3.01. The molecule has 0 aliphatic carbocycles. The van der Waals surface area contributed by atoms with Gasteiger partial charge >= 0.3 is 0 Å². The van der Waals surface area contributed by atoms with Crippen LogP contribution < -0.4 is 10.6 Å². The van der Waals surface area contributed by atoms with Crippen LogP contribution in [0, 0.1) is 0 Å². The van der Waals surface area contributed by atoms with E-state index in [0.717, 1.165) is 5.69 Å². The lowest BCUT2D eigenvalue weighted by Gasteiger charge is -2.20. The number of rotatable bonds is 4. The molecule has 0 saturated heterocycles. The quantitative estimate of drug-likeness (QED) is 0.783. The molecule has 1 amide bonds. The van der Waals surface area contributed by atoms with Crippen molar-refractivity contribution < 1.29 is 4.79 Å². The second kappa shape index (κ2) is 5.40. The fourth-order valence-electron chi connectivity index (χ4n) is 1.37. The van der Waals surface area contributed by atoms with Gasteiger partial charge in [0.05, 0.1) is 0 Å². The van der Waals surface area contributed by atoms with Gasteiger partial charge in [-0.1, -0.05) is 18.2 Å². The highest BCUT2D eigenvalue weighted by atomic mass is 16.2. The van der Waals surface area contributed by atoms with Gasteiger partial charge in [-0.3, -0.25) is 4.79 Å². The SMILES string of the molecule is CCN(C(=O)CCN)c1ccccc1. The van der Waals surface area contributed by atoms with Crippen molar-refractivity contribution in [3.8, 4) is 0 Å². The number of carbonyl (C=O) groups excluding carboxylic acids is 1. The summed E-state index contributed by atoms with van der Waals surface area (Å²) < 4.78 is 0. The van der Waals surface area contributed by atoms with Crippen molar-refractivity contribution in [2.45, 2.75) is 13.3 Å². The zero-order valence-corrected chi connectivity index (χ0v) is 8.44. The molecule has 1 aromatic carbocycles. The lowest BCUT2D eigenvalue weighted by atomic mass is 10.2. The van der Waals surface area contributed by atoms with E-state index in [1.165, 1.54) is 0 Å². The van der Waals surface area contributed by atoms with E-state index >= 15 is 0 Å². The monoisotopic (exact) mass is 192 g/mol. The van der Waals surface area contributed by atoms with Gasteiger partial charge in [-0.25, -0.2) is 0 Å². The van der Waals surface area contributed by atoms with Crippen LogP contribution in [0.3, 0.4) is 0 Å². The van der Waals surface area contributed by atoms with E-state index in [-0.39, 0.29) is 5.91 Å². The molecule has 0 atom stereocenters. The molecule has 14 heavy (non-hydrogen) atoms. The van der Waals surface area contributed by atoms with Gasteiger partial charge < -0.3 is 10.6 Å². The molecule has 3 nitrogen and oxygen atoms in total. The number of hydrogen-bond donors (Lipinski definition) is 1. The third-order valence-corrected chi connectivity index (χ3v) is 2.04. The Balaban J connectivity index is 2.77. The van der Waals surface area contributed by atoms with E-state index in [1.54, 1.807) is 4.90 Å². The molecule has 0 bridgehead atoms. The van der Waals surface area contributed by atoms with Crippen LogP contribution in [0.4, 0.5) is 5.69 Å². The number of nitrogens with zero attached hydrogens (tertiary/aromatic N) is 1. The van der Waals surface area contributed by atoms with Gasteiger partial charge in [-0.05, 0) is 19.1 Å². The number of hydrogen-bond acceptors (Lipinski definition) is 2. The molecular formula is C11H16N2O. The van der Waals surface area contributed by atoms with Crippen LogP contribution in [0.1, 0.15) is 13.3 Å². The first-order valence-corrected chi connectivity index (χ1v) is 4.85. The number of carbonyl (C=O) groups is 1. The minimum absolute atomic E-state index is 0.0844. The fourth-order valence-corrected chi connectivity index (χ4v) is 1.37. The molecule has 0 heterocycles. The predicted octanol–water partition coefficient (Wildman–Crippen LogP) is 1.39. The maximum atomic E-state index is 11.6. The van der Waals surface area contributed by atoms with Gasteiger partial charge in [-0.15, -0.1) is 0 Å². The van der Waals surface area contributed by atoms with E-state index in [2.05, 4.69) is 0 Å². The third kappa shape index (κ3) is 2.57. The largest absolute Gasteiger partial charge is 0.330 e. The molecule has 0 radical (unpaired) electrons. The number of anilines is 1. The van der Waals surface area contributed by atoms with Crippen LogP contribution in [0.25, 0.3) is 0 Å². The highest BCUT2D eigenvalue weighted by Crippen LogP contribution is 2.13. The molecule has 0 aliphatic rings. The first-order chi connectivity index (χ1) is 6.79. The summed E-state index contributed by atoms with van der Waals surface area (Å²) in [6, 6.07) is 9.64. The first-order valence-electron chi connectivity index (χ1n) is 4.85. The van der Waals surface area contributed by atoms with E-state index in [9.17, 15) is 4.79 Å². The molecule has 0 fully saturated rings. The summed E-state index contributed by atoms with van der Waals surface area (Å²) in [5.41, 5.74) is 6.29. The molecule has 1 rings (SSSR count). The Morgan fingerprint density at radius 2 is 2.00 bits per heavy atom. The molecular weight excluding hydrogens is 176 g/mol. The highest BCUT2D eigenvalue weighted by Gasteiger charge is 2.11. The van der Waals surface area contributed by atoms with Crippen molar-refractivity contribution in [1.29, 1.82) is 0 Å². The standard InChI is InChI=1S/C11H16N2O/c1-2-13(11(14)8-9-12)10-6-4-3-5-7-10/h3-7H,2,8-9,12H2,1H3. The van der Waals surface area contributed by atoms with Gasteiger partial charge in [0.15, 0.2) is 0 Å². The lowest BCUT2D eigenvalue weighted by Crippen LogP contribution is -2.31. The minimum Gasteiger partial charge on any atom is -0.330 e. The van der Waals surface area contributed by atoms with Gasteiger partial charge in [-0.2, -0.15) is 0 Å². The predicted molar refractivity (Wildman–Crippen MR) is 58.1 cm³/mol. The summed E-state index contributed by atoms with van der Waals surface area (Å²) in [6.45, 7) is 3.05. The summed E-state index contributed by atoms with van der Waals surface area (Å²) in [7, 11) is 0. The zero-order valence-electron chi connectivity index (χ0n) is 8.44. The number of amides is 1. The van der Waals surface area contributed by atoms with Crippen molar-refractivity contribution in [3.63, 3.8) is 0 Å². The summed E-state index contributed by atoms with van der Waals surface area (Å²) in [5.74, 6) is 0.0844. The molecule has 2 N–H and O–H groups in total. The Bertz CT molecular complexity index is 285. The maximum Gasteiger partial charge on any atom is 0.228 e. The van der Waals surface area contributed by atoms with Gasteiger partial charge in [0.1, 0.15) is 0 Å². The third-order valence-electron chi connectivity index (χ3n) is 2.04. The molecule has 1 aromatic rings. The van der Waals surface area contributed by atoms with Gasteiger partial charge in [0.2, 0.25) is 5.91 Å². The summed E-state index contributed by atoms with van der Waals surface area (Å²) in [4.78, 5) is 13.4. The van der Waals surface area contributed by atoms with Crippen LogP contribution >= 0.6 is 0 Å². The van der Waals surface area contributed by atoms with Gasteiger partial charge in [0.25, 0.3) is 0 Å². The summed E-state index contributed by atoms with van der Waals surface area (Å²) in [5, 5.41) is 0. The smallest absolute Gasteiger partial charge is 0.228 e. The van der Waals surface area contributed by atoms with E-state index in [4.69, 9.17) is 5.73 Å². The topological polar surface area (TPSA) is 46.3 Å². The first kappa shape index (κ1) is 10.7. The fraction of sp³-hybridized carbons (Fsp3) is 0.364. The summed E-state index contributed by atoms with van der Waals surface area (Å²) >= 11 is 0. The Kier molecular flexibility index (Phi) is 4.13. The number of benzene rings is 1. The van der Waals surface area contributed by atoms with Crippen molar-refractivity contribution in [1.82, 2.24) is 0 Å². The molecule has 0 spiro atoms. The van der Waals surface area contributed by atoms with Crippen LogP contribution in [0.15, 0.2) is 30.3 Å². The minimum atomic E-state index is 0.0844. The molecule has 3 heteroatoms. The van der Waals surface area contributed by atoms with Crippen LogP contribution in [-0.2, 0) is 4.79 Å². The Hall–Kier alpha value is -1.35. The van der Waals surface area contributed by atoms with Crippen molar-refractivity contribution in [2.75, 3.05) is 18.0 Å². The highest BCUT2D eigenvalue weighted by molar-refractivity contribution is 5.93. The molecule has 0 unspecified atom stereocenters. The average Bonchev–Trinajstić information content (AvgIpc) is 2.21. The van der Waals surface area contributed by atoms with Crippen molar-refractivity contribution in [3.05, 3.63) is 30.3 Å². The summed E-state index contributed by atoms with van der Waals surface area (Å²) in [6.07, 6.45) is 0.405. The second-order valence-corrected chi connectivity index (χ2v) is 3.01. The average molecular weight is 192 g/mol. The normalized spacial score (nSPS) is 9.86. The molecule has 0 aliphatic heterocycles. The zero-order chi connectivity index (χ0) is 10.4. The van der Waals surface area contributed by atoms with Crippen molar-refractivity contribution >= 4 is 11.6 Å². The Morgan fingerprint density at radius 3 is 2.50 bits per heavy atom. The van der Waals surface area contributed by atoms with Crippen LogP contribution in [-0.4, -0.2) is 19.0 Å². The number of para-hydroxylation sites is 1. The molecule has 0 aromatic heterocycles. The Morgan fingerprint density at radius 1 is 1.36 bits per heavy atom. The maximum absolute atomic E-state index is 11.6. The van der Waals surface area contributed by atoms with Crippen LogP contribution in [0.5, 0.6) is 0 Å². The van der Waals surface area contributed by atoms with Crippen molar-refractivity contribution in [2.24, 2.45) is 5.73 Å². The Labute approximate surface area is 84.5 Å².